The van der Waals surface area contributed by atoms with Crippen LogP contribution in [0.3, 0.4) is 0 Å². The summed E-state index contributed by atoms with van der Waals surface area (Å²) < 4.78 is 7.10. The first-order chi connectivity index (χ1) is 15.1. The van der Waals surface area contributed by atoms with Gasteiger partial charge in [-0.2, -0.15) is 0 Å². The first-order valence-electron chi connectivity index (χ1n) is 11.4. The number of carbonyl (C=O) groups excluding carboxylic acids is 1. The van der Waals surface area contributed by atoms with E-state index in [0.29, 0.717) is 16.1 Å². The summed E-state index contributed by atoms with van der Waals surface area (Å²) in [6, 6.07) is 6.19. The van der Waals surface area contributed by atoms with Gasteiger partial charge in [-0.1, -0.05) is 39.0 Å². The molecular weight excluding hydrogens is 420 g/mol. The molecule has 0 aliphatic heterocycles. The van der Waals surface area contributed by atoms with Gasteiger partial charge in [0, 0.05) is 10.9 Å². The highest BCUT2D eigenvalue weighted by Gasteiger charge is 2.31. The largest absolute Gasteiger partial charge is 0.461 e. The Bertz CT molecular complexity index is 1190. The molecule has 1 aromatic carbocycles. The molecule has 32 heavy (non-hydrogen) atoms. The van der Waals surface area contributed by atoms with Crippen LogP contribution in [0.1, 0.15) is 57.6 Å². The average Bonchev–Trinajstić information content (AvgIpc) is 3.17. The molecule has 2 aromatic heterocycles. The molecule has 5 nitrogen and oxygen atoms in total. The molecule has 2 heterocycles. The number of thiophene rings is 1. The third-order valence-electron chi connectivity index (χ3n) is 6.88. The standard InChI is InChI=1S/C26H32N2O3S/c1-16-6-7-18(12-17(16)2)21-14-32-24-23(21)25(30)28(15-27-24)13-22(29)31-20-10-8-19(9-11-20)26(3,4)5/h6-7,12,14-15,19-20H,8-11,13H2,1-5H3. The number of carbonyl (C=O) groups is 1. The van der Waals surface area contributed by atoms with Crippen LogP contribution in [0.25, 0.3) is 21.3 Å². The van der Waals surface area contributed by atoms with Crippen molar-refractivity contribution in [1.29, 1.82) is 0 Å². The lowest BCUT2D eigenvalue weighted by Gasteiger charge is -2.36. The van der Waals surface area contributed by atoms with Gasteiger partial charge < -0.3 is 4.74 Å². The number of esters is 1. The first kappa shape index (κ1) is 22.7. The van der Waals surface area contributed by atoms with Gasteiger partial charge in [0.2, 0.25) is 0 Å². The third kappa shape index (κ3) is 4.65. The van der Waals surface area contributed by atoms with Crippen molar-refractivity contribution in [3.05, 3.63) is 51.4 Å². The molecule has 0 radical (unpaired) electrons. The lowest BCUT2D eigenvalue weighted by atomic mass is 9.72. The Balaban J connectivity index is 1.50. The first-order valence-corrected chi connectivity index (χ1v) is 12.2. The Labute approximate surface area is 193 Å². The van der Waals surface area contributed by atoms with Crippen molar-refractivity contribution >= 4 is 27.5 Å². The molecule has 1 aliphatic rings. The zero-order valence-corrected chi connectivity index (χ0v) is 20.4. The normalized spacial score (nSPS) is 19.3. The fraction of sp³-hybridized carbons (Fsp3) is 0.500. The monoisotopic (exact) mass is 452 g/mol. The van der Waals surface area contributed by atoms with Crippen molar-refractivity contribution in [2.45, 2.75) is 73.0 Å². The SMILES string of the molecule is Cc1ccc(-c2csc3ncn(CC(=O)OC4CCC(C(C)(C)C)CC4)c(=O)c23)cc1C. The van der Waals surface area contributed by atoms with E-state index in [2.05, 4.69) is 51.7 Å². The molecule has 0 spiro atoms. The molecule has 0 amide bonds. The summed E-state index contributed by atoms with van der Waals surface area (Å²) in [5.74, 6) is 0.296. The lowest BCUT2D eigenvalue weighted by Crippen LogP contribution is -2.32. The predicted molar refractivity (Wildman–Crippen MR) is 130 cm³/mol. The van der Waals surface area contributed by atoms with Crippen LogP contribution in [0.4, 0.5) is 0 Å². The number of fused-ring (bicyclic) bond motifs is 1. The molecule has 0 unspecified atom stereocenters. The van der Waals surface area contributed by atoms with E-state index in [0.717, 1.165) is 36.8 Å². The maximum absolute atomic E-state index is 13.2. The Morgan fingerprint density at radius 3 is 2.53 bits per heavy atom. The van der Waals surface area contributed by atoms with Gasteiger partial charge in [0.05, 0.1) is 11.7 Å². The zero-order valence-electron chi connectivity index (χ0n) is 19.6. The van der Waals surface area contributed by atoms with E-state index in [9.17, 15) is 9.59 Å². The summed E-state index contributed by atoms with van der Waals surface area (Å²) in [7, 11) is 0. The molecule has 1 fully saturated rings. The van der Waals surface area contributed by atoms with Gasteiger partial charge in [0.15, 0.2) is 0 Å². The average molecular weight is 453 g/mol. The molecule has 6 heteroatoms. The quantitative estimate of drug-likeness (QED) is 0.463. The second-order valence-electron chi connectivity index (χ2n) is 10.1. The number of rotatable bonds is 4. The number of aryl methyl sites for hydroxylation is 2. The number of hydrogen-bond donors (Lipinski definition) is 0. The Kier molecular flexibility index (Phi) is 6.26. The fourth-order valence-electron chi connectivity index (χ4n) is 4.61. The molecule has 1 saturated carbocycles. The molecule has 0 saturated heterocycles. The molecule has 170 valence electrons. The van der Waals surface area contributed by atoms with Crippen LogP contribution in [-0.2, 0) is 16.1 Å². The third-order valence-corrected chi connectivity index (χ3v) is 7.76. The molecule has 3 aromatic rings. The smallest absolute Gasteiger partial charge is 0.326 e. The van der Waals surface area contributed by atoms with E-state index in [4.69, 9.17) is 4.74 Å². The van der Waals surface area contributed by atoms with Crippen LogP contribution in [0.5, 0.6) is 0 Å². The summed E-state index contributed by atoms with van der Waals surface area (Å²) in [4.78, 5) is 31.0. The number of nitrogens with zero attached hydrogens (tertiary/aromatic N) is 2. The summed E-state index contributed by atoms with van der Waals surface area (Å²) >= 11 is 1.45. The maximum Gasteiger partial charge on any atom is 0.326 e. The van der Waals surface area contributed by atoms with Crippen molar-refractivity contribution in [2.24, 2.45) is 11.3 Å². The maximum atomic E-state index is 13.2. The Morgan fingerprint density at radius 1 is 1.16 bits per heavy atom. The van der Waals surface area contributed by atoms with E-state index in [-0.39, 0.29) is 29.6 Å². The van der Waals surface area contributed by atoms with Gasteiger partial charge in [-0.3, -0.25) is 14.2 Å². The second kappa shape index (κ2) is 8.81. The number of benzene rings is 1. The van der Waals surface area contributed by atoms with Crippen LogP contribution < -0.4 is 5.56 Å². The predicted octanol–water partition coefficient (Wildman–Crippen LogP) is 5.89. The molecule has 0 atom stereocenters. The van der Waals surface area contributed by atoms with E-state index in [1.165, 1.54) is 33.4 Å². The van der Waals surface area contributed by atoms with Crippen LogP contribution in [0.15, 0.2) is 34.7 Å². The summed E-state index contributed by atoms with van der Waals surface area (Å²) in [6.07, 6.45) is 5.33. The highest BCUT2D eigenvalue weighted by atomic mass is 32.1. The lowest BCUT2D eigenvalue weighted by molar-refractivity contribution is -0.152. The van der Waals surface area contributed by atoms with Crippen LogP contribution in [0.2, 0.25) is 0 Å². The van der Waals surface area contributed by atoms with Crippen LogP contribution >= 0.6 is 11.3 Å². The van der Waals surface area contributed by atoms with Gasteiger partial charge >= 0.3 is 5.97 Å². The van der Waals surface area contributed by atoms with Crippen LogP contribution in [0, 0.1) is 25.2 Å². The summed E-state index contributed by atoms with van der Waals surface area (Å²) in [5.41, 5.74) is 4.34. The minimum Gasteiger partial charge on any atom is -0.461 e. The number of hydrogen-bond acceptors (Lipinski definition) is 5. The highest BCUT2D eigenvalue weighted by molar-refractivity contribution is 7.17. The van der Waals surface area contributed by atoms with Crippen molar-refractivity contribution in [3.8, 4) is 11.1 Å². The van der Waals surface area contributed by atoms with Crippen molar-refractivity contribution in [3.63, 3.8) is 0 Å². The van der Waals surface area contributed by atoms with Gasteiger partial charge in [0.1, 0.15) is 17.5 Å². The van der Waals surface area contributed by atoms with Crippen molar-refractivity contribution in [1.82, 2.24) is 9.55 Å². The molecular formula is C26H32N2O3S. The molecule has 1 aliphatic carbocycles. The minimum absolute atomic E-state index is 0.0549. The minimum atomic E-state index is -0.365. The van der Waals surface area contributed by atoms with E-state index in [1.807, 2.05) is 11.4 Å². The topological polar surface area (TPSA) is 61.2 Å². The Morgan fingerprint density at radius 2 is 1.88 bits per heavy atom. The van der Waals surface area contributed by atoms with Gasteiger partial charge in [0.25, 0.3) is 5.56 Å². The fourth-order valence-corrected chi connectivity index (χ4v) is 5.52. The number of ether oxygens (including phenoxy) is 1. The van der Waals surface area contributed by atoms with Crippen molar-refractivity contribution < 1.29 is 9.53 Å². The molecule has 4 rings (SSSR count). The summed E-state index contributed by atoms with van der Waals surface area (Å²) in [6.45, 7) is 10.8. The Hall–Kier alpha value is -2.47. The summed E-state index contributed by atoms with van der Waals surface area (Å²) in [5, 5.41) is 2.54. The molecule has 0 N–H and O–H groups in total. The van der Waals surface area contributed by atoms with Gasteiger partial charge in [-0.25, -0.2) is 4.98 Å². The molecule has 0 bridgehead atoms. The van der Waals surface area contributed by atoms with Crippen molar-refractivity contribution in [2.75, 3.05) is 0 Å². The second-order valence-corrected chi connectivity index (χ2v) is 11.0. The number of aromatic nitrogens is 2. The van der Waals surface area contributed by atoms with Gasteiger partial charge in [-0.15, -0.1) is 11.3 Å². The highest BCUT2D eigenvalue weighted by Crippen LogP contribution is 2.38. The zero-order chi connectivity index (χ0) is 23.0. The van der Waals surface area contributed by atoms with E-state index < -0.39 is 0 Å². The van der Waals surface area contributed by atoms with Gasteiger partial charge in [-0.05, 0) is 67.6 Å². The van der Waals surface area contributed by atoms with E-state index >= 15 is 0 Å². The van der Waals surface area contributed by atoms with Crippen LogP contribution in [-0.4, -0.2) is 21.6 Å². The van der Waals surface area contributed by atoms with E-state index in [1.54, 1.807) is 0 Å².